The van der Waals surface area contributed by atoms with E-state index in [-0.39, 0.29) is 28.5 Å². The number of nitrogens with one attached hydrogen (secondary N) is 1. The average Bonchev–Trinajstić information content (AvgIpc) is 2.66. The summed E-state index contributed by atoms with van der Waals surface area (Å²) in [7, 11) is 0. The van der Waals surface area contributed by atoms with E-state index in [1.54, 1.807) is 24.3 Å². The third-order valence-electron chi connectivity index (χ3n) is 3.57. The van der Waals surface area contributed by atoms with Gasteiger partial charge in [-0.1, -0.05) is 18.2 Å². The molecule has 0 aromatic heterocycles. The number of benzene rings is 3. The number of carbonyl (C=O) groups excluding carboxylic acids is 1. The molecule has 0 saturated heterocycles. The second-order valence-electron chi connectivity index (χ2n) is 5.69. The quantitative estimate of drug-likeness (QED) is 0.377. The van der Waals surface area contributed by atoms with Gasteiger partial charge in [-0.05, 0) is 60.7 Å². The van der Waals surface area contributed by atoms with Crippen molar-refractivity contribution in [2.24, 2.45) is 0 Å². The first-order valence-corrected chi connectivity index (χ1v) is 10.0. The molecule has 0 bridgehead atoms. The molecule has 0 aliphatic carbocycles. The van der Waals surface area contributed by atoms with Crippen molar-refractivity contribution in [2.45, 2.75) is 20.8 Å². The van der Waals surface area contributed by atoms with Gasteiger partial charge in [0.15, 0.2) is 0 Å². The molecular weight excluding hydrogens is 384 g/mol. The van der Waals surface area contributed by atoms with E-state index >= 15 is 0 Å². The predicted molar refractivity (Wildman–Crippen MR) is 108 cm³/mol. The molecule has 0 unspecified atom stereocenters. The van der Waals surface area contributed by atoms with Crippen LogP contribution in [0.4, 0.5) is 14.5 Å². The van der Waals surface area contributed by atoms with Crippen molar-refractivity contribution >= 4 is 35.1 Å². The van der Waals surface area contributed by atoms with Crippen molar-refractivity contribution in [3.05, 3.63) is 90.5 Å². The molecule has 3 rings (SSSR count). The molecule has 3 aromatic carbocycles. The van der Waals surface area contributed by atoms with Gasteiger partial charge in [0.25, 0.3) is 0 Å². The molecule has 0 heterocycles. The minimum absolute atomic E-state index is 0.115. The van der Waals surface area contributed by atoms with Crippen molar-refractivity contribution in [1.29, 1.82) is 0 Å². The van der Waals surface area contributed by atoms with Crippen LogP contribution in [0.3, 0.4) is 0 Å². The number of hydrogen-bond acceptors (Lipinski definition) is 3. The Labute approximate surface area is 165 Å². The van der Waals surface area contributed by atoms with Gasteiger partial charge in [0.05, 0.1) is 4.58 Å². The minimum atomic E-state index is -0.302. The summed E-state index contributed by atoms with van der Waals surface area (Å²) in [4.78, 5) is 14.2. The van der Waals surface area contributed by atoms with Gasteiger partial charge in [-0.2, -0.15) is 0 Å². The zero-order chi connectivity index (χ0) is 19.1. The molecule has 0 spiro atoms. The largest absolute Gasteiger partial charge is 0.326 e. The smallest absolute Gasteiger partial charge is 0.226 e. The highest BCUT2D eigenvalue weighted by molar-refractivity contribution is 8.17. The van der Waals surface area contributed by atoms with E-state index in [1.807, 2.05) is 30.3 Å². The predicted octanol–water partition coefficient (Wildman–Crippen LogP) is 6.20. The number of amides is 1. The molecule has 0 aliphatic heterocycles. The van der Waals surface area contributed by atoms with Crippen molar-refractivity contribution < 1.29 is 13.6 Å². The third kappa shape index (κ3) is 6.41. The van der Waals surface area contributed by atoms with Gasteiger partial charge >= 0.3 is 0 Å². The lowest BCUT2D eigenvalue weighted by Gasteiger charge is -2.16. The van der Waals surface area contributed by atoms with Crippen molar-refractivity contribution in [3.63, 3.8) is 0 Å². The third-order valence-corrected chi connectivity index (χ3v) is 6.10. The standard InChI is InChI=1S/C21H17F2NOS2/c22-15-6-10-18(11-7-15)26-21(27-19-12-8-16(23)9-13-19)14-20(25)24-17-4-2-1-3-5-17/h1-13,21H,14H2,(H,24,25). The Morgan fingerprint density at radius 1 is 0.778 bits per heavy atom. The van der Waals surface area contributed by atoms with Crippen LogP contribution in [0.15, 0.2) is 88.7 Å². The highest BCUT2D eigenvalue weighted by Crippen LogP contribution is 2.37. The Bertz CT molecular complexity index is 823. The Hall–Kier alpha value is -2.31. The zero-order valence-electron chi connectivity index (χ0n) is 14.3. The normalized spacial score (nSPS) is 10.8. The summed E-state index contributed by atoms with van der Waals surface area (Å²) >= 11 is 2.95. The summed E-state index contributed by atoms with van der Waals surface area (Å²) < 4.78 is 26.1. The molecule has 138 valence electrons. The lowest BCUT2D eigenvalue weighted by molar-refractivity contribution is -0.115. The molecule has 2 nitrogen and oxygen atoms in total. The molecular formula is C21H17F2NOS2. The Morgan fingerprint density at radius 2 is 1.26 bits per heavy atom. The monoisotopic (exact) mass is 401 g/mol. The molecule has 1 amide bonds. The number of thioether (sulfide) groups is 2. The maximum Gasteiger partial charge on any atom is 0.226 e. The molecule has 0 fully saturated rings. The first kappa shape index (κ1) is 19.5. The van der Waals surface area contributed by atoms with Crippen LogP contribution in [-0.2, 0) is 4.79 Å². The van der Waals surface area contributed by atoms with Crippen LogP contribution in [0, 0.1) is 11.6 Å². The number of anilines is 1. The first-order chi connectivity index (χ1) is 13.1. The molecule has 0 aliphatic rings. The fourth-order valence-corrected chi connectivity index (χ4v) is 4.84. The molecule has 0 atom stereocenters. The minimum Gasteiger partial charge on any atom is -0.326 e. The lowest BCUT2D eigenvalue weighted by Crippen LogP contribution is -2.16. The topological polar surface area (TPSA) is 29.1 Å². The summed E-state index contributed by atoms with van der Waals surface area (Å²) in [5.74, 6) is -0.719. The van der Waals surface area contributed by atoms with Crippen molar-refractivity contribution in [3.8, 4) is 0 Å². The molecule has 1 N–H and O–H groups in total. The van der Waals surface area contributed by atoms with E-state index in [2.05, 4.69) is 5.32 Å². The van der Waals surface area contributed by atoms with Crippen LogP contribution in [-0.4, -0.2) is 10.5 Å². The molecule has 27 heavy (non-hydrogen) atoms. The van der Waals surface area contributed by atoms with Crippen molar-refractivity contribution in [2.75, 3.05) is 5.32 Å². The Morgan fingerprint density at radius 3 is 1.74 bits per heavy atom. The number of carbonyl (C=O) groups is 1. The highest BCUT2D eigenvalue weighted by atomic mass is 32.2. The average molecular weight is 402 g/mol. The zero-order valence-corrected chi connectivity index (χ0v) is 15.9. The van der Waals surface area contributed by atoms with E-state index in [0.717, 1.165) is 15.5 Å². The number of rotatable bonds is 7. The van der Waals surface area contributed by atoms with E-state index in [9.17, 15) is 13.6 Å². The van der Waals surface area contributed by atoms with Crippen molar-refractivity contribution in [1.82, 2.24) is 0 Å². The van der Waals surface area contributed by atoms with Crippen LogP contribution in [0.25, 0.3) is 0 Å². The van der Waals surface area contributed by atoms with E-state index in [0.29, 0.717) is 0 Å². The first-order valence-electron chi connectivity index (χ1n) is 8.28. The summed E-state index contributed by atoms with van der Waals surface area (Å²) in [6.45, 7) is 0. The second-order valence-corrected chi connectivity index (χ2v) is 8.54. The Balaban J connectivity index is 1.70. The van der Waals surface area contributed by atoms with Gasteiger partial charge in [0, 0.05) is 21.9 Å². The summed E-state index contributed by atoms with van der Waals surface area (Å²) in [6, 6.07) is 21.6. The van der Waals surface area contributed by atoms with Gasteiger partial charge in [-0.25, -0.2) is 8.78 Å². The van der Waals surface area contributed by atoms with E-state index in [4.69, 9.17) is 0 Å². The summed E-state index contributed by atoms with van der Waals surface area (Å²) in [5.41, 5.74) is 0.736. The highest BCUT2D eigenvalue weighted by Gasteiger charge is 2.17. The SMILES string of the molecule is O=C(CC(Sc1ccc(F)cc1)Sc1ccc(F)cc1)Nc1ccccc1. The summed E-state index contributed by atoms with van der Waals surface area (Å²) in [6.07, 6.45) is 0.249. The molecule has 6 heteroatoms. The van der Waals surface area contributed by atoms with E-state index < -0.39 is 0 Å². The van der Waals surface area contributed by atoms with Crippen LogP contribution < -0.4 is 5.32 Å². The van der Waals surface area contributed by atoms with Crippen LogP contribution in [0.5, 0.6) is 0 Å². The fraction of sp³-hybridized carbons (Fsp3) is 0.0952. The number of hydrogen-bond donors (Lipinski definition) is 1. The van der Waals surface area contributed by atoms with Gasteiger partial charge in [-0.15, -0.1) is 23.5 Å². The van der Waals surface area contributed by atoms with Gasteiger partial charge in [0.1, 0.15) is 11.6 Å². The van der Waals surface area contributed by atoms with Crippen LogP contribution >= 0.6 is 23.5 Å². The molecule has 0 saturated carbocycles. The number of halogens is 2. The molecule has 0 radical (unpaired) electrons. The molecule has 3 aromatic rings. The maximum atomic E-state index is 13.1. The summed E-state index contributed by atoms with van der Waals surface area (Å²) in [5, 5.41) is 2.88. The Kier molecular flexibility index (Phi) is 6.90. The van der Waals surface area contributed by atoms with Gasteiger partial charge in [-0.3, -0.25) is 4.79 Å². The van der Waals surface area contributed by atoms with Crippen LogP contribution in [0.1, 0.15) is 6.42 Å². The van der Waals surface area contributed by atoms with E-state index in [1.165, 1.54) is 47.8 Å². The van der Waals surface area contributed by atoms with Gasteiger partial charge in [0.2, 0.25) is 5.91 Å². The number of para-hydroxylation sites is 1. The lowest BCUT2D eigenvalue weighted by atomic mass is 10.3. The van der Waals surface area contributed by atoms with Crippen LogP contribution in [0.2, 0.25) is 0 Å². The fourth-order valence-electron chi connectivity index (χ4n) is 2.32. The maximum absolute atomic E-state index is 13.1. The van der Waals surface area contributed by atoms with Gasteiger partial charge < -0.3 is 5.32 Å². The second kappa shape index (κ2) is 9.58.